The van der Waals surface area contributed by atoms with E-state index in [1.807, 2.05) is 41.5 Å². The Morgan fingerprint density at radius 1 is 0.387 bits per heavy atom. The van der Waals surface area contributed by atoms with Crippen LogP contribution in [0.25, 0.3) is 0 Å². The first-order valence-electron chi connectivity index (χ1n) is 50.9. The molecule has 0 spiro atoms. The van der Waals surface area contributed by atoms with Crippen molar-refractivity contribution in [2.75, 3.05) is 26.2 Å². The van der Waals surface area contributed by atoms with Gasteiger partial charge in [0, 0.05) is 149 Å². The van der Waals surface area contributed by atoms with Gasteiger partial charge in [0.05, 0.1) is 73.7 Å². The average molecular weight is 1990 g/mol. The van der Waals surface area contributed by atoms with Crippen molar-refractivity contribution in [2.24, 2.45) is 120 Å². The smallest absolute Gasteiger partial charge is 0.224 e. The molecule has 3 heterocycles. The molecule has 0 radical (unpaired) electrons. The lowest BCUT2D eigenvalue weighted by atomic mass is 9.85. The van der Waals surface area contributed by atoms with Crippen molar-refractivity contribution in [2.45, 2.75) is 351 Å². The van der Waals surface area contributed by atoms with Crippen LogP contribution in [0.4, 0.5) is 0 Å². The number of phenols is 1. The predicted molar refractivity (Wildman–Crippen MR) is 546 cm³/mol. The van der Waals surface area contributed by atoms with Gasteiger partial charge in [-0.1, -0.05) is 172 Å². The largest absolute Gasteiger partial charge is 0.508 e. The van der Waals surface area contributed by atoms with Gasteiger partial charge in [-0.25, -0.2) is 15.0 Å². The molecule has 8 amide bonds. The third kappa shape index (κ3) is 51.0. The normalized spacial score (nSPS) is 14.5. The highest BCUT2D eigenvalue weighted by atomic mass is 16.3. The third-order valence-corrected chi connectivity index (χ3v) is 25.5. The average Bonchev–Trinajstić information content (AvgIpc) is 1.18. The lowest BCUT2D eigenvalue weighted by molar-refractivity contribution is -0.136. The summed E-state index contributed by atoms with van der Waals surface area (Å²) in [6, 6.07) is -0.905. The predicted octanol–water partition coefficient (Wildman–Crippen LogP) is 7.23. The van der Waals surface area contributed by atoms with Crippen molar-refractivity contribution in [3.63, 3.8) is 0 Å². The number of hydrogen-bond acceptors (Lipinski definition) is 23. The van der Waals surface area contributed by atoms with Gasteiger partial charge in [-0.05, 0) is 126 Å². The van der Waals surface area contributed by atoms with E-state index in [2.05, 4.69) is 89.0 Å². The molecule has 0 aliphatic heterocycles. The van der Waals surface area contributed by atoms with Crippen LogP contribution in [0, 0.1) is 65.1 Å². The summed E-state index contributed by atoms with van der Waals surface area (Å²) in [6.45, 7) is 22.8. The van der Waals surface area contributed by atoms with Gasteiger partial charge in [0.2, 0.25) is 47.3 Å². The number of guanidine groups is 3. The zero-order valence-corrected chi connectivity index (χ0v) is 86.3. The molecule has 0 unspecified atom stereocenters. The molecular formula is C102H169N23O17. The molecule has 0 saturated carbocycles. The van der Waals surface area contributed by atoms with Crippen LogP contribution in [-0.2, 0) is 97.6 Å². The molecule has 0 aliphatic rings. The molecule has 4 aromatic rings. The zero-order chi connectivity index (χ0) is 106. The molecular weight excluding hydrogens is 1820 g/mol. The quantitative estimate of drug-likeness (QED) is 0.0118. The molecule has 3 aromatic heterocycles. The molecule has 15 atom stereocenters. The number of nitrogens with one attached hydrogen (secondary N) is 10. The van der Waals surface area contributed by atoms with Crippen LogP contribution in [0.1, 0.15) is 305 Å². The van der Waals surface area contributed by atoms with Crippen molar-refractivity contribution < 1.29 is 82.1 Å². The van der Waals surface area contributed by atoms with Crippen molar-refractivity contribution in [1.29, 1.82) is 0 Å². The fourth-order valence-electron chi connectivity index (χ4n) is 16.7. The Labute approximate surface area is 838 Å². The number of nitrogens with two attached hydrogens (primary N) is 7. The number of benzene rings is 1. The minimum absolute atomic E-state index is 0.0165. The Kier molecular flexibility index (Phi) is 60.2. The number of aromatic amines is 3. The lowest BCUT2D eigenvalue weighted by Gasteiger charge is -2.27. The number of carbonyl (C=O) groups is 15. The Balaban J connectivity index is 0.000000808. The highest BCUT2D eigenvalue weighted by Crippen LogP contribution is 2.28. The van der Waals surface area contributed by atoms with Crippen LogP contribution >= 0.6 is 0 Å². The summed E-state index contributed by atoms with van der Waals surface area (Å²) >= 11 is 0. The number of aromatic hydroxyl groups is 1. The molecule has 4 rings (SSSR count). The Bertz CT molecular complexity index is 4570. The van der Waals surface area contributed by atoms with Crippen molar-refractivity contribution in [3.05, 3.63) is 84.5 Å². The van der Waals surface area contributed by atoms with Crippen LogP contribution < -0.4 is 77.4 Å². The van der Waals surface area contributed by atoms with E-state index in [4.69, 9.17) is 40.1 Å². The van der Waals surface area contributed by atoms with Crippen molar-refractivity contribution in [3.8, 4) is 5.75 Å². The number of amides is 8. The number of Topliss-reactive ketones (excluding diaryl/α,β-unsaturated/α-hetero) is 7. The molecule has 794 valence electrons. The summed E-state index contributed by atoms with van der Waals surface area (Å²) in [7, 11) is 0. The van der Waals surface area contributed by atoms with Gasteiger partial charge in [0.25, 0.3) is 0 Å². The number of aliphatic imine (C=N–C) groups is 3. The minimum Gasteiger partial charge on any atom is -0.508 e. The first-order chi connectivity index (χ1) is 67.4. The van der Waals surface area contributed by atoms with Crippen LogP contribution in [0.15, 0.2) is 76.8 Å². The topological polar surface area (TPSA) is 686 Å². The van der Waals surface area contributed by atoms with E-state index in [-0.39, 0.29) is 187 Å². The maximum Gasteiger partial charge on any atom is 0.224 e. The van der Waals surface area contributed by atoms with Crippen LogP contribution in [0.2, 0.25) is 0 Å². The van der Waals surface area contributed by atoms with E-state index in [0.29, 0.717) is 42.8 Å². The number of carbonyl (C=O) groups excluding carboxylic acids is 15. The van der Waals surface area contributed by atoms with Gasteiger partial charge in [-0.15, -0.1) is 0 Å². The molecule has 1 aromatic carbocycles. The molecule has 0 aliphatic carbocycles. The monoisotopic (exact) mass is 1990 g/mol. The number of aliphatic hydroxyl groups excluding tert-OH is 1. The van der Waals surface area contributed by atoms with Gasteiger partial charge in [0.15, 0.2) is 58.4 Å². The Morgan fingerprint density at radius 2 is 0.789 bits per heavy atom. The molecule has 0 bridgehead atoms. The highest BCUT2D eigenvalue weighted by molar-refractivity contribution is 6.00. The number of aromatic nitrogens is 6. The first kappa shape index (κ1) is 124. The Morgan fingerprint density at radius 3 is 1.23 bits per heavy atom. The molecule has 40 nitrogen and oxygen atoms in total. The molecule has 26 N–H and O–H groups in total. The second-order valence-electron chi connectivity index (χ2n) is 39.1. The second kappa shape index (κ2) is 68.9. The third-order valence-electron chi connectivity index (χ3n) is 25.5. The summed E-state index contributed by atoms with van der Waals surface area (Å²) in [5.41, 5.74) is 41.9. The summed E-state index contributed by atoms with van der Waals surface area (Å²) in [6.07, 6.45) is 26.1. The maximum absolute atomic E-state index is 14.8. The molecule has 142 heavy (non-hydrogen) atoms. The standard InChI is InChI=1S/C60H100N16O11.C42H69N7O6/c1-8-36(7)44(53(61)83)30-52(82)48(32-77)76-56(86)40(23-34(3)4)28-51(81)47(24-35(5)6)75-55(85)39(13-10-20-69-58(62)63)27-49(79)45(14-11-21-70-59(64)65)74-57(87)41(26-42-31-68-33-72-42)29-50(80)46(15-12-22-71-60(66)67)73-54(84)38(9-2)25-37-16-18-43(78)19-17-37;1-7-8-9-10-11-12-13-14-15-16-17-18-19-20-39(53)48-36(24-35-26-44-28-46-35)37(51)21-30(4)41(54)49-40(29(2)3)38(52)23-33(22-34-25-43-27-45-34)42(55)47-31(5)32(6)50/h16-19,31,33-36,38-41,44-48,77-78H,8-15,20-30,32H2,1-7H3,(H2,61,83)(H,68,72)(H,73,84)(H,74,87)(H,75,85)(H,76,86)(H4,62,63,69)(H4,64,65,70)(H4,66,67,71);25-31,33,36,40H,7-24H2,1-6H3,(H,43,45)(H,44,46)(H,47,55)(H,48,53)(H,49,54)/t36-,38-,39+,40+,41+,44-,45-,46+,47-,48-;30-,31+,33-,36+,40+/m01/s1. The highest BCUT2D eigenvalue weighted by Gasteiger charge is 2.39. The second-order valence-corrected chi connectivity index (χ2v) is 39.1. The van der Waals surface area contributed by atoms with E-state index in [9.17, 15) is 82.1 Å². The number of hydrogen-bond donors (Lipinski definition) is 19. The number of aliphatic hydroxyl groups is 1. The first-order valence-corrected chi connectivity index (χ1v) is 50.9. The van der Waals surface area contributed by atoms with E-state index < -0.39 is 168 Å². The van der Waals surface area contributed by atoms with Gasteiger partial charge >= 0.3 is 0 Å². The number of unbranched alkanes of at least 4 members (excludes halogenated alkanes) is 12. The molecule has 40 heteroatoms. The maximum atomic E-state index is 14.8. The van der Waals surface area contributed by atoms with Gasteiger partial charge in [-0.2, -0.15) is 0 Å². The van der Waals surface area contributed by atoms with Crippen LogP contribution in [0.3, 0.4) is 0 Å². The van der Waals surface area contributed by atoms with Crippen molar-refractivity contribution in [1.82, 2.24) is 67.1 Å². The number of phenolic OH excluding ortho intramolecular Hbond substituents is 1. The fraction of sp³-hybridized carbons (Fsp3) is 0.676. The lowest BCUT2D eigenvalue weighted by Crippen LogP contribution is -2.50. The summed E-state index contributed by atoms with van der Waals surface area (Å²) in [4.78, 5) is 239. The zero-order valence-electron chi connectivity index (χ0n) is 86.3. The van der Waals surface area contributed by atoms with E-state index in [0.717, 1.165) is 24.8 Å². The fourth-order valence-corrected chi connectivity index (χ4v) is 16.7. The molecule has 0 saturated heterocycles. The number of ketones is 7. The number of nitrogens with zero attached hydrogens (tertiary/aromatic N) is 6. The number of primary amides is 1. The van der Waals surface area contributed by atoms with E-state index in [1.165, 1.54) is 108 Å². The summed E-state index contributed by atoms with van der Waals surface area (Å²) in [5.74, 6) is -14.8. The number of imidazole rings is 3. The van der Waals surface area contributed by atoms with Crippen molar-refractivity contribution >= 4 is 106 Å². The SMILES string of the molecule is CCCCCCCCCCCCCCCC(=O)N[C@@H](Cc1cnc[nH]1)C(=O)C[C@@H](C)C(=O)N[C@H](C(=O)C[C@@H](Cc1cnc[nH]1)C(=O)N[C@@H](C)C(C)=O)C(C)C.CC[C@@H](Cc1ccc(O)cc1)C(=O)N[C@H](CCCN=C(N)N)C(=O)C[C@@H](Cc1cnc[nH]1)C(=O)N[C@@H](CCCN=C(N)N)C(=O)C[C@@H](CCCN=C(N)N)C(=O)N[C@@H](CC(C)C)C(=O)C[C@@H](CC(C)C)C(=O)N[C@@H](CO)C(=O)C[C@H](C(N)=O)[C@@H](C)CC. The minimum atomic E-state index is -1.38. The molecule has 0 fully saturated rings. The van der Waals surface area contributed by atoms with E-state index in [1.54, 1.807) is 59.1 Å². The van der Waals surface area contributed by atoms with Crippen LogP contribution in [-0.4, -0.2) is 214 Å². The van der Waals surface area contributed by atoms with E-state index >= 15 is 0 Å². The van der Waals surface area contributed by atoms with Gasteiger partial charge in [-0.3, -0.25) is 86.9 Å². The summed E-state index contributed by atoms with van der Waals surface area (Å²) < 4.78 is 0. The Hall–Kier alpha value is -12.1. The summed E-state index contributed by atoms with van der Waals surface area (Å²) in [5, 5.41) is 39.7. The number of rotatable bonds is 76. The number of H-pyrrole nitrogens is 3. The van der Waals surface area contributed by atoms with Gasteiger partial charge < -0.3 is 103 Å². The van der Waals surface area contributed by atoms with Crippen LogP contribution in [0.5, 0.6) is 5.75 Å². The van der Waals surface area contributed by atoms with Gasteiger partial charge in [0.1, 0.15) is 11.8 Å².